The van der Waals surface area contributed by atoms with Gasteiger partial charge < -0.3 is 20.6 Å². The standard InChI is InChI=1S/C10H8IN3O3/c11-7-9(16)13-4-14-10(7)17-6-3-1-2-5(15)8(6)12/h1-4,15H,12H2,(H,13,14,16). The van der Waals surface area contributed by atoms with Crippen LogP contribution in [0.2, 0.25) is 0 Å². The minimum absolute atomic E-state index is 0.0812. The number of aromatic amines is 1. The molecule has 0 atom stereocenters. The number of ether oxygens (including phenoxy) is 1. The van der Waals surface area contributed by atoms with Crippen LogP contribution in [0.25, 0.3) is 0 Å². The molecule has 2 aromatic rings. The van der Waals surface area contributed by atoms with Crippen LogP contribution in [0.3, 0.4) is 0 Å². The minimum atomic E-state index is -0.297. The number of nitrogens with two attached hydrogens (primary N) is 1. The molecule has 0 aliphatic carbocycles. The second kappa shape index (κ2) is 4.62. The van der Waals surface area contributed by atoms with Crippen molar-refractivity contribution in [3.8, 4) is 17.4 Å². The summed E-state index contributed by atoms with van der Waals surface area (Å²) in [6.07, 6.45) is 1.23. The largest absolute Gasteiger partial charge is 0.506 e. The molecule has 1 aromatic carbocycles. The van der Waals surface area contributed by atoms with Crippen molar-refractivity contribution in [2.45, 2.75) is 0 Å². The molecule has 0 aliphatic heterocycles. The second-order valence-electron chi connectivity index (χ2n) is 3.14. The summed E-state index contributed by atoms with van der Waals surface area (Å²) in [4.78, 5) is 17.6. The van der Waals surface area contributed by atoms with Crippen LogP contribution in [-0.4, -0.2) is 15.1 Å². The SMILES string of the molecule is Nc1c(O)cccc1Oc1nc[nH]c(=O)c1I. The van der Waals surface area contributed by atoms with Crippen molar-refractivity contribution < 1.29 is 9.84 Å². The molecule has 0 saturated heterocycles. The Morgan fingerprint density at radius 2 is 2.24 bits per heavy atom. The molecule has 0 amide bonds. The lowest BCUT2D eigenvalue weighted by Gasteiger charge is -2.08. The molecule has 0 unspecified atom stereocenters. The number of aromatic hydroxyl groups is 1. The molecule has 7 heteroatoms. The van der Waals surface area contributed by atoms with Crippen LogP contribution in [0.1, 0.15) is 0 Å². The summed E-state index contributed by atoms with van der Waals surface area (Å²) in [6.45, 7) is 0. The molecule has 1 aromatic heterocycles. The lowest BCUT2D eigenvalue weighted by molar-refractivity contribution is 0.446. The Hall–Kier alpha value is -1.77. The van der Waals surface area contributed by atoms with Gasteiger partial charge >= 0.3 is 0 Å². The first-order valence-electron chi connectivity index (χ1n) is 4.58. The summed E-state index contributed by atoms with van der Waals surface area (Å²) in [6, 6.07) is 4.60. The van der Waals surface area contributed by atoms with Crippen molar-refractivity contribution >= 4 is 28.3 Å². The maximum Gasteiger partial charge on any atom is 0.268 e. The van der Waals surface area contributed by atoms with E-state index in [4.69, 9.17) is 10.5 Å². The van der Waals surface area contributed by atoms with E-state index in [-0.39, 0.29) is 28.6 Å². The summed E-state index contributed by atoms with van der Waals surface area (Å²) in [5.74, 6) is 0.315. The van der Waals surface area contributed by atoms with Crippen LogP contribution in [0.4, 0.5) is 5.69 Å². The molecule has 0 saturated carbocycles. The van der Waals surface area contributed by atoms with Gasteiger partial charge in [0, 0.05) is 0 Å². The van der Waals surface area contributed by atoms with E-state index >= 15 is 0 Å². The van der Waals surface area contributed by atoms with Gasteiger partial charge in [0.05, 0.1) is 6.33 Å². The van der Waals surface area contributed by atoms with Gasteiger partial charge in [0.25, 0.3) is 5.56 Å². The van der Waals surface area contributed by atoms with Gasteiger partial charge in [-0.15, -0.1) is 0 Å². The molecule has 0 bridgehead atoms. The first-order chi connectivity index (χ1) is 8.09. The highest BCUT2D eigenvalue weighted by Gasteiger charge is 2.11. The normalized spacial score (nSPS) is 10.2. The molecule has 88 valence electrons. The number of H-pyrrole nitrogens is 1. The number of nitrogens with one attached hydrogen (secondary N) is 1. The molecule has 0 radical (unpaired) electrons. The number of nitrogen functional groups attached to an aromatic ring is 1. The van der Waals surface area contributed by atoms with Crippen molar-refractivity contribution in [2.75, 3.05) is 5.73 Å². The zero-order valence-electron chi connectivity index (χ0n) is 8.48. The summed E-state index contributed by atoms with van der Waals surface area (Å²) in [5.41, 5.74) is 5.43. The van der Waals surface area contributed by atoms with Crippen LogP contribution in [0.5, 0.6) is 17.4 Å². The fourth-order valence-corrected chi connectivity index (χ4v) is 1.57. The fraction of sp³-hybridized carbons (Fsp3) is 0. The molecule has 0 fully saturated rings. The van der Waals surface area contributed by atoms with Gasteiger partial charge in [-0.3, -0.25) is 4.79 Å². The molecule has 0 spiro atoms. The van der Waals surface area contributed by atoms with Crippen molar-refractivity contribution in [3.05, 3.63) is 38.5 Å². The zero-order chi connectivity index (χ0) is 12.4. The number of phenolic OH excluding ortho intramolecular Hbond substituents is 1. The van der Waals surface area contributed by atoms with Crippen LogP contribution < -0.4 is 16.0 Å². The molecular formula is C10H8IN3O3. The lowest BCUT2D eigenvalue weighted by Crippen LogP contribution is -2.11. The Balaban J connectivity index is 2.42. The third-order valence-corrected chi connectivity index (χ3v) is 2.97. The summed E-state index contributed by atoms with van der Waals surface area (Å²) >= 11 is 1.82. The molecule has 2 rings (SSSR count). The molecular weight excluding hydrogens is 337 g/mol. The molecule has 6 nitrogen and oxygen atoms in total. The van der Waals surface area contributed by atoms with E-state index in [0.717, 1.165) is 0 Å². The molecule has 1 heterocycles. The lowest BCUT2D eigenvalue weighted by atomic mass is 10.3. The van der Waals surface area contributed by atoms with E-state index < -0.39 is 0 Å². The van der Waals surface area contributed by atoms with E-state index in [0.29, 0.717) is 3.57 Å². The van der Waals surface area contributed by atoms with Crippen LogP contribution in [0.15, 0.2) is 29.3 Å². The predicted molar refractivity (Wildman–Crippen MR) is 70.2 cm³/mol. The Morgan fingerprint density at radius 3 is 3.00 bits per heavy atom. The predicted octanol–water partition coefficient (Wildman–Crippen LogP) is 1.45. The quantitative estimate of drug-likeness (QED) is 0.435. The Bertz CT molecular complexity index is 612. The van der Waals surface area contributed by atoms with Gasteiger partial charge in [0.1, 0.15) is 15.0 Å². The topological polar surface area (TPSA) is 101 Å². The molecule has 4 N–H and O–H groups in total. The summed E-state index contributed by atoms with van der Waals surface area (Å²) in [5, 5.41) is 9.41. The number of para-hydroxylation sites is 1. The van der Waals surface area contributed by atoms with Gasteiger partial charge in [0.2, 0.25) is 5.88 Å². The van der Waals surface area contributed by atoms with E-state index in [9.17, 15) is 9.90 Å². The number of rotatable bonds is 2. The number of nitrogens with zero attached hydrogens (tertiary/aromatic N) is 1. The van der Waals surface area contributed by atoms with Crippen molar-refractivity contribution in [3.63, 3.8) is 0 Å². The van der Waals surface area contributed by atoms with Crippen molar-refractivity contribution in [1.82, 2.24) is 9.97 Å². The van der Waals surface area contributed by atoms with Gasteiger partial charge in [-0.05, 0) is 34.7 Å². The molecule has 17 heavy (non-hydrogen) atoms. The van der Waals surface area contributed by atoms with Crippen LogP contribution in [0, 0.1) is 3.57 Å². The number of aromatic nitrogens is 2. The smallest absolute Gasteiger partial charge is 0.268 e. The number of hydrogen-bond donors (Lipinski definition) is 3. The monoisotopic (exact) mass is 345 g/mol. The first kappa shape index (κ1) is 11.7. The average Bonchev–Trinajstić information content (AvgIpc) is 2.31. The van der Waals surface area contributed by atoms with E-state index in [2.05, 4.69) is 9.97 Å². The zero-order valence-corrected chi connectivity index (χ0v) is 10.6. The van der Waals surface area contributed by atoms with Crippen LogP contribution in [-0.2, 0) is 0 Å². The van der Waals surface area contributed by atoms with E-state index in [1.165, 1.54) is 12.4 Å². The van der Waals surface area contributed by atoms with Crippen molar-refractivity contribution in [2.24, 2.45) is 0 Å². The molecule has 0 aliphatic rings. The van der Waals surface area contributed by atoms with E-state index in [1.54, 1.807) is 12.1 Å². The highest BCUT2D eigenvalue weighted by atomic mass is 127. The fourth-order valence-electron chi connectivity index (χ4n) is 1.16. The Labute approximate surface area is 110 Å². The number of anilines is 1. The van der Waals surface area contributed by atoms with Gasteiger partial charge in [-0.2, -0.15) is 0 Å². The summed E-state index contributed by atoms with van der Waals surface area (Å²) < 4.78 is 5.69. The Morgan fingerprint density at radius 1 is 1.47 bits per heavy atom. The van der Waals surface area contributed by atoms with Gasteiger partial charge in [-0.1, -0.05) is 6.07 Å². The number of benzene rings is 1. The first-order valence-corrected chi connectivity index (χ1v) is 5.66. The van der Waals surface area contributed by atoms with Gasteiger partial charge in [0.15, 0.2) is 5.75 Å². The maximum absolute atomic E-state index is 11.3. The van der Waals surface area contributed by atoms with Crippen molar-refractivity contribution in [1.29, 1.82) is 0 Å². The summed E-state index contributed by atoms with van der Waals surface area (Å²) in [7, 11) is 0. The van der Waals surface area contributed by atoms with Gasteiger partial charge in [-0.25, -0.2) is 4.98 Å². The maximum atomic E-state index is 11.3. The second-order valence-corrected chi connectivity index (χ2v) is 4.22. The number of hydrogen-bond acceptors (Lipinski definition) is 5. The third-order valence-electron chi connectivity index (χ3n) is 2.01. The Kier molecular flexibility index (Phi) is 3.18. The third kappa shape index (κ3) is 2.33. The minimum Gasteiger partial charge on any atom is -0.506 e. The van der Waals surface area contributed by atoms with Crippen LogP contribution >= 0.6 is 22.6 Å². The average molecular weight is 345 g/mol. The van der Waals surface area contributed by atoms with E-state index in [1.807, 2.05) is 22.6 Å². The highest BCUT2D eigenvalue weighted by molar-refractivity contribution is 14.1. The number of halogens is 1. The highest BCUT2D eigenvalue weighted by Crippen LogP contribution is 2.33. The number of phenols is 1.